The fourth-order valence-electron chi connectivity index (χ4n) is 2.72. The van der Waals surface area contributed by atoms with Gasteiger partial charge in [0.05, 0.1) is 11.4 Å². The molecule has 2 rings (SSSR count). The Kier molecular flexibility index (Phi) is 8.14. The van der Waals surface area contributed by atoms with Gasteiger partial charge in [0.2, 0.25) is 10.0 Å². The van der Waals surface area contributed by atoms with E-state index >= 15 is 0 Å². The summed E-state index contributed by atoms with van der Waals surface area (Å²) < 4.78 is 27.4. The molecule has 0 bridgehead atoms. The maximum atomic E-state index is 12.9. The van der Waals surface area contributed by atoms with E-state index in [4.69, 9.17) is 5.73 Å². The summed E-state index contributed by atoms with van der Waals surface area (Å²) in [5.74, 6) is 0.313. The highest BCUT2D eigenvalue weighted by atomic mass is 127. The van der Waals surface area contributed by atoms with Crippen LogP contribution in [0.2, 0.25) is 0 Å². The Morgan fingerprint density at radius 2 is 1.80 bits per heavy atom. The number of nitrogens with zero attached hydrogens (tertiary/aromatic N) is 2. The molecule has 0 unspecified atom stereocenters. The van der Waals surface area contributed by atoms with E-state index in [9.17, 15) is 8.42 Å². The molecule has 3 N–H and O–H groups in total. The van der Waals surface area contributed by atoms with Crippen LogP contribution in [0.1, 0.15) is 45.6 Å². The average Bonchev–Trinajstić information content (AvgIpc) is 2.52. The normalized spacial score (nSPS) is 17.0. The van der Waals surface area contributed by atoms with E-state index < -0.39 is 10.0 Å². The number of aliphatic imine (C=N–C) groups is 1. The van der Waals surface area contributed by atoms with Crippen LogP contribution in [-0.2, 0) is 16.6 Å². The van der Waals surface area contributed by atoms with Crippen molar-refractivity contribution in [3.05, 3.63) is 29.8 Å². The van der Waals surface area contributed by atoms with Gasteiger partial charge in [-0.3, -0.25) is 0 Å². The molecule has 1 fully saturated rings. The van der Waals surface area contributed by atoms with E-state index in [2.05, 4.69) is 10.3 Å². The van der Waals surface area contributed by atoms with Crippen LogP contribution >= 0.6 is 24.0 Å². The van der Waals surface area contributed by atoms with Gasteiger partial charge in [-0.2, -0.15) is 4.31 Å². The largest absolute Gasteiger partial charge is 0.370 e. The first-order valence-corrected chi connectivity index (χ1v) is 9.80. The third-order valence-electron chi connectivity index (χ3n) is 3.83. The zero-order valence-electron chi connectivity index (χ0n) is 15.2. The van der Waals surface area contributed by atoms with Crippen molar-refractivity contribution < 1.29 is 8.42 Å². The number of guanidine groups is 1. The summed E-state index contributed by atoms with van der Waals surface area (Å²) in [5, 5.41) is 3.08. The zero-order chi connectivity index (χ0) is 17.8. The smallest absolute Gasteiger partial charge is 0.243 e. The molecule has 0 spiro atoms. The van der Waals surface area contributed by atoms with Gasteiger partial charge < -0.3 is 11.1 Å². The van der Waals surface area contributed by atoms with Crippen molar-refractivity contribution in [2.75, 3.05) is 13.1 Å². The molecule has 1 aliphatic rings. The third kappa shape index (κ3) is 6.41. The topological polar surface area (TPSA) is 87.8 Å². The van der Waals surface area contributed by atoms with Crippen LogP contribution in [0.4, 0.5) is 0 Å². The minimum absolute atomic E-state index is 0. The minimum Gasteiger partial charge on any atom is -0.370 e. The number of sulfonamides is 1. The minimum atomic E-state index is -3.47. The first kappa shape index (κ1) is 22.2. The highest BCUT2D eigenvalue weighted by Crippen LogP contribution is 2.24. The molecule has 0 aromatic heterocycles. The van der Waals surface area contributed by atoms with Crippen LogP contribution in [0.25, 0.3) is 0 Å². The van der Waals surface area contributed by atoms with Gasteiger partial charge in [0.15, 0.2) is 5.96 Å². The molecule has 8 heteroatoms. The van der Waals surface area contributed by atoms with Crippen LogP contribution < -0.4 is 11.1 Å². The molecule has 0 amide bonds. The lowest BCUT2D eigenvalue weighted by atomic mass is 10.1. The molecular formula is C17H29IN4O2S. The molecular weight excluding hydrogens is 451 g/mol. The summed E-state index contributed by atoms with van der Waals surface area (Å²) in [6.45, 7) is 7.39. The van der Waals surface area contributed by atoms with E-state index in [-0.39, 0.29) is 36.1 Å². The number of hydrogen-bond donors (Lipinski definition) is 2. The maximum absolute atomic E-state index is 12.9. The first-order chi connectivity index (χ1) is 11.2. The van der Waals surface area contributed by atoms with Gasteiger partial charge in [-0.15, -0.1) is 24.0 Å². The number of nitrogens with one attached hydrogen (secondary N) is 1. The van der Waals surface area contributed by atoms with Gasteiger partial charge in [0.1, 0.15) is 0 Å². The Labute approximate surface area is 168 Å². The van der Waals surface area contributed by atoms with Gasteiger partial charge in [-0.1, -0.05) is 24.6 Å². The molecule has 1 saturated heterocycles. The monoisotopic (exact) mass is 480 g/mol. The van der Waals surface area contributed by atoms with Crippen LogP contribution in [0, 0.1) is 0 Å². The van der Waals surface area contributed by atoms with Crippen molar-refractivity contribution in [3.8, 4) is 0 Å². The van der Waals surface area contributed by atoms with Gasteiger partial charge in [0, 0.05) is 18.6 Å². The van der Waals surface area contributed by atoms with Crippen LogP contribution in [-0.4, -0.2) is 37.3 Å². The number of halogens is 1. The van der Waals surface area contributed by atoms with E-state index in [1.54, 1.807) is 22.5 Å². The Hall–Kier alpha value is -0.870. The van der Waals surface area contributed by atoms with E-state index in [0.29, 0.717) is 29.5 Å². The number of rotatable bonds is 4. The van der Waals surface area contributed by atoms with Crippen molar-refractivity contribution in [2.24, 2.45) is 10.7 Å². The molecule has 1 aromatic rings. The molecule has 6 nitrogen and oxygen atoms in total. The van der Waals surface area contributed by atoms with Gasteiger partial charge >= 0.3 is 0 Å². The molecule has 0 radical (unpaired) electrons. The second-order valence-electron chi connectivity index (χ2n) is 7.15. The summed E-state index contributed by atoms with van der Waals surface area (Å²) in [6.07, 6.45) is 2.93. The van der Waals surface area contributed by atoms with Crippen LogP contribution in [0.5, 0.6) is 0 Å². The summed E-state index contributed by atoms with van der Waals surface area (Å²) in [6, 6.07) is 7.03. The molecule has 0 atom stereocenters. The summed E-state index contributed by atoms with van der Waals surface area (Å²) >= 11 is 0. The van der Waals surface area contributed by atoms with Crippen molar-refractivity contribution >= 4 is 40.0 Å². The lowest BCUT2D eigenvalue weighted by molar-refractivity contribution is 0.346. The number of hydrogen-bond acceptors (Lipinski definition) is 3. The van der Waals surface area contributed by atoms with Gasteiger partial charge in [-0.05, 0) is 45.2 Å². The Bertz CT molecular complexity index is 693. The fraction of sp³-hybridized carbons (Fsp3) is 0.588. The van der Waals surface area contributed by atoms with Crippen molar-refractivity contribution in [2.45, 2.75) is 57.0 Å². The van der Waals surface area contributed by atoms with Crippen molar-refractivity contribution in [1.29, 1.82) is 0 Å². The number of piperidine rings is 1. The second-order valence-corrected chi connectivity index (χ2v) is 9.06. The van der Waals surface area contributed by atoms with E-state index in [0.717, 1.165) is 19.3 Å². The molecule has 1 aliphatic heterocycles. The predicted octanol–water partition coefficient (Wildman–Crippen LogP) is 2.68. The number of benzene rings is 1. The number of nitrogens with two attached hydrogens (primary N) is 1. The van der Waals surface area contributed by atoms with Gasteiger partial charge in [-0.25, -0.2) is 13.4 Å². The van der Waals surface area contributed by atoms with Crippen molar-refractivity contribution in [1.82, 2.24) is 9.62 Å². The van der Waals surface area contributed by atoms with Crippen molar-refractivity contribution in [3.63, 3.8) is 0 Å². The summed E-state index contributed by atoms with van der Waals surface area (Å²) in [5.41, 5.74) is 6.37. The first-order valence-electron chi connectivity index (χ1n) is 8.36. The molecule has 25 heavy (non-hydrogen) atoms. The highest BCUT2D eigenvalue weighted by molar-refractivity contribution is 14.0. The molecule has 0 aliphatic carbocycles. The Morgan fingerprint density at radius 1 is 1.20 bits per heavy atom. The van der Waals surface area contributed by atoms with Gasteiger partial charge in [0.25, 0.3) is 0 Å². The third-order valence-corrected chi connectivity index (χ3v) is 5.83. The lowest BCUT2D eigenvalue weighted by Gasteiger charge is -2.26. The Morgan fingerprint density at radius 3 is 2.40 bits per heavy atom. The molecule has 142 valence electrons. The maximum Gasteiger partial charge on any atom is 0.243 e. The highest BCUT2D eigenvalue weighted by Gasteiger charge is 2.27. The molecule has 0 saturated carbocycles. The van der Waals surface area contributed by atoms with Crippen LogP contribution in [0.15, 0.2) is 34.2 Å². The average molecular weight is 480 g/mol. The molecule has 1 heterocycles. The standard InChI is InChI=1S/C17H28N4O2S.HI/c1-17(2,3)20-16(18)19-13-14-9-5-6-10-15(14)24(22,23)21-11-7-4-8-12-21;/h5-6,9-10H,4,7-8,11-13H2,1-3H3,(H3,18,19,20);1H. The predicted molar refractivity (Wildman–Crippen MR) is 113 cm³/mol. The zero-order valence-corrected chi connectivity index (χ0v) is 18.3. The van der Waals surface area contributed by atoms with E-state index in [1.165, 1.54) is 0 Å². The fourth-order valence-corrected chi connectivity index (χ4v) is 4.46. The lowest BCUT2D eigenvalue weighted by Crippen LogP contribution is -2.45. The second kappa shape index (κ2) is 9.18. The summed E-state index contributed by atoms with van der Waals surface area (Å²) in [7, 11) is -3.47. The quantitative estimate of drug-likeness (QED) is 0.394. The molecule has 1 aromatic carbocycles. The summed E-state index contributed by atoms with van der Waals surface area (Å²) in [4.78, 5) is 4.63. The SMILES string of the molecule is CC(C)(C)NC(N)=NCc1ccccc1S(=O)(=O)N1CCCCC1.I. The Balaban J connectivity index is 0.00000312. The van der Waals surface area contributed by atoms with Crippen LogP contribution in [0.3, 0.4) is 0 Å². The van der Waals surface area contributed by atoms with E-state index in [1.807, 2.05) is 26.8 Å².